The summed E-state index contributed by atoms with van der Waals surface area (Å²) < 4.78 is 14.3. The Labute approximate surface area is 160 Å². The number of amides is 2. The molecule has 6 heteroatoms. The Hall–Kier alpha value is -1.95. The molecule has 0 spiro atoms. The highest BCUT2D eigenvalue weighted by Gasteiger charge is 2.40. The van der Waals surface area contributed by atoms with Crippen LogP contribution in [0.2, 0.25) is 0 Å². The fraction of sp³-hybridized carbons (Fsp3) is 0.619. The zero-order valence-electron chi connectivity index (χ0n) is 16.3. The van der Waals surface area contributed by atoms with Crippen LogP contribution in [-0.4, -0.2) is 23.9 Å². The fourth-order valence-corrected chi connectivity index (χ4v) is 4.35. The Bertz CT molecular complexity index is 715. The van der Waals surface area contributed by atoms with E-state index in [0.717, 1.165) is 32.1 Å². The van der Waals surface area contributed by atoms with Crippen molar-refractivity contribution in [3.05, 3.63) is 29.6 Å². The van der Waals surface area contributed by atoms with Crippen LogP contribution in [0.15, 0.2) is 18.2 Å². The van der Waals surface area contributed by atoms with Gasteiger partial charge in [-0.3, -0.25) is 9.59 Å². The van der Waals surface area contributed by atoms with Gasteiger partial charge in [0, 0.05) is 23.2 Å². The van der Waals surface area contributed by atoms with Crippen LogP contribution in [0.3, 0.4) is 0 Å². The molecule has 2 saturated carbocycles. The summed E-state index contributed by atoms with van der Waals surface area (Å²) in [5.41, 5.74) is 5.96. The van der Waals surface area contributed by atoms with Crippen molar-refractivity contribution in [1.29, 1.82) is 0 Å². The van der Waals surface area contributed by atoms with Gasteiger partial charge in [0.2, 0.25) is 5.91 Å². The Morgan fingerprint density at radius 2 is 1.78 bits per heavy atom. The molecule has 2 fully saturated rings. The zero-order valence-corrected chi connectivity index (χ0v) is 16.3. The number of nitrogens with two attached hydrogens (primary N) is 1. The predicted molar refractivity (Wildman–Crippen MR) is 104 cm³/mol. The standard InChI is InChI=1S/C21H30FN3O2/c1-21(2,3)20(27)24-15-7-8-17(22)16(11-15)19(26)25-18-12-5-4-6-13(18)10-14(23)9-12/h7-8,11-14,18H,4-6,9-10,23H2,1-3H3,(H,24,27)(H,25,26). The summed E-state index contributed by atoms with van der Waals surface area (Å²) in [6, 6.07) is 4.37. The highest BCUT2D eigenvalue weighted by Crippen LogP contribution is 2.39. The Morgan fingerprint density at radius 3 is 2.37 bits per heavy atom. The van der Waals surface area contributed by atoms with Gasteiger partial charge in [-0.2, -0.15) is 0 Å². The van der Waals surface area contributed by atoms with Crippen molar-refractivity contribution in [2.45, 2.75) is 65.0 Å². The number of nitrogens with one attached hydrogen (secondary N) is 2. The molecule has 3 rings (SSSR count). The van der Waals surface area contributed by atoms with Gasteiger partial charge >= 0.3 is 0 Å². The van der Waals surface area contributed by atoms with Gasteiger partial charge in [-0.25, -0.2) is 4.39 Å². The quantitative estimate of drug-likeness (QED) is 0.756. The van der Waals surface area contributed by atoms with Crippen molar-refractivity contribution in [2.24, 2.45) is 23.0 Å². The van der Waals surface area contributed by atoms with Gasteiger partial charge in [0.1, 0.15) is 5.82 Å². The van der Waals surface area contributed by atoms with Gasteiger partial charge < -0.3 is 16.4 Å². The van der Waals surface area contributed by atoms with E-state index in [1.165, 1.54) is 18.2 Å². The predicted octanol–water partition coefficient (Wildman–Crippen LogP) is 3.45. The van der Waals surface area contributed by atoms with Crippen LogP contribution < -0.4 is 16.4 Å². The van der Waals surface area contributed by atoms with E-state index in [2.05, 4.69) is 10.6 Å². The molecule has 2 atom stereocenters. The lowest BCUT2D eigenvalue weighted by Gasteiger charge is -2.45. The lowest BCUT2D eigenvalue weighted by Crippen LogP contribution is -2.53. The first-order valence-electron chi connectivity index (χ1n) is 9.82. The summed E-state index contributed by atoms with van der Waals surface area (Å²) in [5.74, 6) is -0.460. The Balaban J connectivity index is 1.74. The highest BCUT2D eigenvalue weighted by molar-refractivity contribution is 5.98. The minimum absolute atomic E-state index is 0.0327. The Morgan fingerprint density at radius 1 is 1.15 bits per heavy atom. The summed E-state index contributed by atoms with van der Waals surface area (Å²) in [6.07, 6.45) is 5.09. The molecule has 2 aliphatic rings. The Kier molecular flexibility index (Phi) is 5.56. The second-order valence-corrected chi connectivity index (χ2v) is 9.08. The number of benzene rings is 1. The van der Waals surface area contributed by atoms with Crippen molar-refractivity contribution < 1.29 is 14.0 Å². The maximum atomic E-state index is 14.3. The molecular formula is C21H30FN3O2. The molecule has 4 N–H and O–H groups in total. The van der Waals surface area contributed by atoms with Crippen molar-refractivity contribution >= 4 is 17.5 Å². The van der Waals surface area contributed by atoms with Gasteiger partial charge in [-0.15, -0.1) is 0 Å². The molecule has 0 aliphatic heterocycles. The second-order valence-electron chi connectivity index (χ2n) is 9.08. The average molecular weight is 375 g/mol. The van der Waals surface area contributed by atoms with Gasteiger partial charge in [0.15, 0.2) is 0 Å². The van der Waals surface area contributed by atoms with Crippen LogP contribution in [0.4, 0.5) is 10.1 Å². The summed E-state index contributed by atoms with van der Waals surface area (Å²) >= 11 is 0. The summed E-state index contributed by atoms with van der Waals surface area (Å²) in [4.78, 5) is 24.9. The smallest absolute Gasteiger partial charge is 0.254 e. The SMILES string of the molecule is CC(C)(C)C(=O)Nc1ccc(F)c(C(=O)NC2C3CCCC2CC(N)C3)c1. The van der Waals surface area contributed by atoms with Crippen molar-refractivity contribution in [2.75, 3.05) is 5.32 Å². The molecule has 0 radical (unpaired) electrons. The summed E-state index contributed by atoms with van der Waals surface area (Å²) in [6.45, 7) is 5.39. The van der Waals surface area contributed by atoms with Crippen molar-refractivity contribution in [3.8, 4) is 0 Å². The molecule has 27 heavy (non-hydrogen) atoms. The number of fused-ring (bicyclic) bond motifs is 2. The highest BCUT2D eigenvalue weighted by atomic mass is 19.1. The van der Waals surface area contributed by atoms with Crippen LogP contribution in [0.5, 0.6) is 0 Å². The third-order valence-electron chi connectivity index (χ3n) is 5.82. The third-order valence-corrected chi connectivity index (χ3v) is 5.82. The normalized spacial score (nSPS) is 27.7. The van der Waals surface area contributed by atoms with E-state index < -0.39 is 17.1 Å². The molecule has 148 valence electrons. The van der Waals surface area contributed by atoms with Crippen molar-refractivity contribution in [1.82, 2.24) is 5.32 Å². The van der Waals surface area contributed by atoms with Crippen LogP contribution in [0.1, 0.15) is 63.2 Å². The van der Waals surface area contributed by atoms with Crippen LogP contribution in [0.25, 0.3) is 0 Å². The third kappa shape index (κ3) is 4.49. The lowest BCUT2D eigenvalue weighted by molar-refractivity contribution is -0.123. The van der Waals surface area contributed by atoms with E-state index in [4.69, 9.17) is 5.73 Å². The van der Waals surface area contributed by atoms with Crippen LogP contribution in [0, 0.1) is 23.1 Å². The number of hydrogen-bond donors (Lipinski definition) is 3. The minimum atomic E-state index is -0.584. The molecular weight excluding hydrogens is 345 g/mol. The number of carbonyl (C=O) groups excluding carboxylic acids is 2. The molecule has 1 aromatic rings. The number of anilines is 1. The molecule has 2 bridgehead atoms. The molecule has 0 heterocycles. The van der Waals surface area contributed by atoms with Crippen LogP contribution >= 0.6 is 0 Å². The van der Waals surface area contributed by atoms with E-state index in [0.29, 0.717) is 17.5 Å². The first-order chi connectivity index (χ1) is 12.6. The lowest BCUT2D eigenvalue weighted by atomic mass is 9.67. The van der Waals surface area contributed by atoms with E-state index in [-0.39, 0.29) is 23.6 Å². The largest absolute Gasteiger partial charge is 0.349 e. The maximum Gasteiger partial charge on any atom is 0.254 e. The second kappa shape index (κ2) is 7.58. The molecule has 2 amide bonds. The van der Waals surface area contributed by atoms with Crippen LogP contribution in [-0.2, 0) is 4.79 Å². The van der Waals surface area contributed by atoms with Gasteiger partial charge in [0.05, 0.1) is 5.56 Å². The number of rotatable bonds is 3. The summed E-state index contributed by atoms with van der Waals surface area (Å²) in [7, 11) is 0. The minimum Gasteiger partial charge on any atom is -0.349 e. The molecule has 0 saturated heterocycles. The molecule has 5 nitrogen and oxygen atoms in total. The van der Waals surface area contributed by atoms with E-state index in [1.807, 2.05) is 0 Å². The van der Waals surface area contributed by atoms with E-state index >= 15 is 0 Å². The van der Waals surface area contributed by atoms with Gasteiger partial charge in [-0.1, -0.05) is 27.2 Å². The van der Waals surface area contributed by atoms with E-state index in [9.17, 15) is 14.0 Å². The topological polar surface area (TPSA) is 84.2 Å². The zero-order chi connectivity index (χ0) is 19.8. The maximum absolute atomic E-state index is 14.3. The fourth-order valence-electron chi connectivity index (χ4n) is 4.35. The van der Waals surface area contributed by atoms with Gasteiger partial charge in [0.25, 0.3) is 5.91 Å². The molecule has 0 aromatic heterocycles. The number of hydrogen-bond acceptors (Lipinski definition) is 3. The van der Waals surface area contributed by atoms with Crippen molar-refractivity contribution in [3.63, 3.8) is 0 Å². The van der Waals surface area contributed by atoms with E-state index in [1.54, 1.807) is 20.8 Å². The molecule has 2 aliphatic carbocycles. The number of carbonyl (C=O) groups is 2. The van der Waals surface area contributed by atoms with Gasteiger partial charge in [-0.05, 0) is 55.7 Å². The first kappa shape index (κ1) is 19.8. The molecule has 1 aromatic carbocycles. The monoisotopic (exact) mass is 375 g/mol. The summed E-state index contributed by atoms with van der Waals surface area (Å²) in [5, 5.41) is 5.81. The molecule has 2 unspecified atom stereocenters. The number of halogens is 1. The first-order valence-corrected chi connectivity index (χ1v) is 9.82. The average Bonchev–Trinajstić information content (AvgIpc) is 2.56.